The first kappa shape index (κ1) is 10.6. The van der Waals surface area contributed by atoms with Gasteiger partial charge in [0.1, 0.15) is 11.6 Å². The summed E-state index contributed by atoms with van der Waals surface area (Å²) in [5.41, 5.74) is 1.36. The molecule has 0 aliphatic rings. The molecule has 0 saturated heterocycles. The van der Waals surface area contributed by atoms with Gasteiger partial charge < -0.3 is 0 Å². The van der Waals surface area contributed by atoms with Crippen LogP contribution in [0.3, 0.4) is 0 Å². The largest absolute Gasteiger partial charge is 0.207 e. The van der Waals surface area contributed by atoms with Crippen molar-refractivity contribution in [1.29, 1.82) is 0 Å². The van der Waals surface area contributed by atoms with E-state index in [9.17, 15) is 8.78 Å². The van der Waals surface area contributed by atoms with Gasteiger partial charge >= 0.3 is 0 Å². The fourth-order valence-corrected chi connectivity index (χ4v) is 1.39. The molecule has 0 heterocycles. The molecule has 0 spiro atoms. The monoisotopic (exact) mass is 216 g/mol. The van der Waals surface area contributed by atoms with Gasteiger partial charge in [-0.05, 0) is 17.7 Å². The molecule has 2 rings (SSSR count). The SMILES string of the molecule is Fc1ccc(C=Cc2ccccc2)c(F)c1. The zero-order valence-corrected chi connectivity index (χ0v) is 8.53. The summed E-state index contributed by atoms with van der Waals surface area (Å²) >= 11 is 0. The van der Waals surface area contributed by atoms with Gasteiger partial charge in [-0.3, -0.25) is 0 Å². The highest BCUT2D eigenvalue weighted by molar-refractivity contribution is 5.69. The standard InChI is InChI=1S/C14H10F2/c15-13-9-8-12(14(16)10-13)7-6-11-4-2-1-3-5-11/h1-10H. The van der Waals surface area contributed by atoms with Gasteiger partial charge in [-0.1, -0.05) is 42.5 Å². The third kappa shape index (κ3) is 2.54. The third-order valence-electron chi connectivity index (χ3n) is 2.22. The van der Waals surface area contributed by atoms with Gasteiger partial charge in [0.2, 0.25) is 0 Å². The average Bonchev–Trinajstić information content (AvgIpc) is 2.29. The summed E-state index contributed by atoms with van der Waals surface area (Å²) in [6.07, 6.45) is 3.42. The van der Waals surface area contributed by atoms with E-state index < -0.39 is 11.6 Å². The van der Waals surface area contributed by atoms with Crippen LogP contribution in [0.5, 0.6) is 0 Å². The van der Waals surface area contributed by atoms with Crippen molar-refractivity contribution in [2.45, 2.75) is 0 Å². The van der Waals surface area contributed by atoms with Crippen LogP contribution in [0.15, 0.2) is 48.5 Å². The maximum Gasteiger partial charge on any atom is 0.133 e. The second-order valence-corrected chi connectivity index (χ2v) is 3.41. The summed E-state index contributed by atoms with van der Waals surface area (Å²) < 4.78 is 25.9. The normalized spacial score (nSPS) is 10.9. The summed E-state index contributed by atoms with van der Waals surface area (Å²) in [7, 11) is 0. The van der Waals surface area contributed by atoms with Crippen molar-refractivity contribution in [3.05, 3.63) is 71.3 Å². The minimum Gasteiger partial charge on any atom is -0.207 e. The van der Waals surface area contributed by atoms with Crippen LogP contribution in [-0.4, -0.2) is 0 Å². The average molecular weight is 216 g/mol. The van der Waals surface area contributed by atoms with Crippen molar-refractivity contribution in [3.63, 3.8) is 0 Å². The molecular weight excluding hydrogens is 206 g/mol. The van der Waals surface area contributed by atoms with Crippen LogP contribution >= 0.6 is 0 Å². The van der Waals surface area contributed by atoms with Crippen LogP contribution in [-0.2, 0) is 0 Å². The van der Waals surface area contributed by atoms with Crippen LogP contribution in [0.25, 0.3) is 12.2 Å². The van der Waals surface area contributed by atoms with Gasteiger partial charge in [0.05, 0.1) is 0 Å². The minimum atomic E-state index is -0.561. The lowest BCUT2D eigenvalue weighted by Gasteiger charge is -1.97. The Morgan fingerprint density at radius 1 is 0.812 bits per heavy atom. The molecule has 0 aromatic heterocycles. The van der Waals surface area contributed by atoms with Gasteiger partial charge in [0, 0.05) is 11.6 Å². The van der Waals surface area contributed by atoms with Crippen molar-refractivity contribution in [3.8, 4) is 0 Å². The van der Waals surface area contributed by atoms with Crippen molar-refractivity contribution >= 4 is 12.2 Å². The quantitative estimate of drug-likeness (QED) is 0.662. The maximum atomic E-state index is 13.3. The minimum absolute atomic E-state index is 0.380. The highest BCUT2D eigenvalue weighted by atomic mass is 19.1. The number of benzene rings is 2. The second kappa shape index (κ2) is 4.71. The number of hydrogen-bond acceptors (Lipinski definition) is 0. The van der Waals surface area contributed by atoms with E-state index in [0.717, 1.165) is 11.6 Å². The molecule has 2 aromatic carbocycles. The third-order valence-corrected chi connectivity index (χ3v) is 2.22. The van der Waals surface area contributed by atoms with Crippen molar-refractivity contribution in [2.75, 3.05) is 0 Å². The van der Waals surface area contributed by atoms with E-state index in [-0.39, 0.29) is 0 Å². The Balaban J connectivity index is 2.24. The van der Waals surface area contributed by atoms with Gasteiger partial charge in [0.25, 0.3) is 0 Å². The molecule has 2 aromatic rings. The predicted molar refractivity (Wildman–Crippen MR) is 61.7 cm³/mol. The highest BCUT2D eigenvalue weighted by Gasteiger charge is 1.99. The maximum absolute atomic E-state index is 13.3. The van der Waals surface area contributed by atoms with Gasteiger partial charge in [-0.25, -0.2) is 8.78 Å². The van der Waals surface area contributed by atoms with Crippen LogP contribution in [0.4, 0.5) is 8.78 Å². The van der Waals surface area contributed by atoms with E-state index in [0.29, 0.717) is 5.56 Å². The topological polar surface area (TPSA) is 0 Å². The van der Waals surface area contributed by atoms with E-state index in [1.54, 1.807) is 12.2 Å². The molecule has 0 saturated carbocycles. The first-order valence-electron chi connectivity index (χ1n) is 4.94. The van der Waals surface area contributed by atoms with Gasteiger partial charge in [-0.15, -0.1) is 0 Å². The summed E-state index contributed by atoms with van der Waals surface area (Å²) in [5.74, 6) is -1.11. The Kier molecular flexibility index (Phi) is 3.10. The van der Waals surface area contributed by atoms with Crippen LogP contribution in [0.1, 0.15) is 11.1 Å². The summed E-state index contributed by atoms with van der Waals surface area (Å²) in [6.45, 7) is 0. The van der Waals surface area contributed by atoms with E-state index >= 15 is 0 Å². The molecule has 0 N–H and O–H groups in total. The van der Waals surface area contributed by atoms with Crippen molar-refractivity contribution in [2.24, 2.45) is 0 Å². The fourth-order valence-electron chi connectivity index (χ4n) is 1.39. The molecule has 0 amide bonds. The Labute approximate surface area is 92.9 Å². The van der Waals surface area contributed by atoms with Crippen molar-refractivity contribution in [1.82, 2.24) is 0 Å². The highest BCUT2D eigenvalue weighted by Crippen LogP contribution is 2.13. The first-order valence-corrected chi connectivity index (χ1v) is 4.94. The molecule has 0 nitrogen and oxygen atoms in total. The number of rotatable bonds is 2. The zero-order chi connectivity index (χ0) is 11.4. The summed E-state index contributed by atoms with van der Waals surface area (Å²) in [5, 5.41) is 0. The molecule has 16 heavy (non-hydrogen) atoms. The lowest BCUT2D eigenvalue weighted by atomic mass is 10.1. The lowest BCUT2D eigenvalue weighted by molar-refractivity contribution is 0.581. The molecule has 0 fully saturated rings. The molecule has 0 aliphatic carbocycles. The Morgan fingerprint density at radius 2 is 1.56 bits per heavy atom. The van der Waals surface area contributed by atoms with Crippen molar-refractivity contribution < 1.29 is 8.78 Å². The molecule has 0 atom stereocenters. The molecule has 0 radical (unpaired) electrons. The molecule has 0 unspecified atom stereocenters. The summed E-state index contributed by atoms with van der Waals surface area (Å²) in [6, 6.07) is 13.1. The second-order valence-electron chi connectivity index (χ2n) is 3.41. The predicted octanol–water partition coefficient (Wildman–Crippen LogP) is 4.14. The van der Waals surface area contributed by atoms with E-state index in [4.69, 9.17) is 0 Å². The van der Waals surface area contributed by atoms with Crippen LogP contribution < -0.4 is 0 Å². The summed E-state index contributed by atoms with van der Waals surface area (Å²) in [4.78, 5) is 0. The molecule has 2 heteroatoms. The first-order chi connectivity index (χ1) is 7.75. The molecule has 80 valence electrons. The van der Waals surface area contributed by atoms with Gasteiger partial charge in [0.15, 0.2) is 0 Å². The smallest absolute Gasteiger partial charge is 0.133 e. The Hall–Kier alpha value is -1.96. The van der Waals surface area contributed by atoms with E-state index in [1.807, 2.05) is 30.3 Å². The van der Waals surface area contributed by atoms with Crippen LogP contribution in [0.2, 0.25) is 0 Å². The van der Waals surface area contributed by atoms with E-state index in [2.05, 4.69) is 0 Å². The zero-order valence-electron chi connectivity index (χ0n) is 8.53. The molecule has 0 bridgehead atoms. The fraction of sp³-hybridized carbons (Fsp3) is 0. The Bertz CT molecular complexity index is 501. The number of halogens is 2. The molecular formula is C14H10F2. The van der Waals surface area contributed by atoms with E-state index in [1.165, 1.54) is 12.1 Å². The molecule has 0 aliphatic heterocycles. The van der Waals surface area contributed by atoms with Gasteiger partial charge in [-0.2, -0.15) is 0 Å². The van der Waals surface area contributed by atoms with Crippen LogP contribution in [0, 0.1) is 11.6 Å². The Morgan fingerprint density at radius 3 is 2.25 bits per heavy atom. The number of hydrogen-bond donors (Lipinski definition) is 0. The lowest BCUT2D eigenvalue weighted by Crippen LogP contribution is -1.83.